The molecule has 0 radical (unpaired) electrons. The molecule has 0 amide bonds. The number of halogens is 1. The fraction of sp³-hybridized carbons (Fsp3) is 0.455. The quantitative estimate of drug-likeness (QED) is 0.604. The summed E-state index contributed by atoms with van der Waals surface area (Å²) in [4.78, 5) is 4.86. The normalized spacial score (nSPS) is 15.3. The van der Waals surface area contributed by atoms with Crippen molar-refractivity contribution in [1.29, 1.82) is 0 Å². The van der Waals surface area contributed by atoms with Crippen molar-refractivity contribution in [3.63, 3.8) is 0 Å². The molecule has 0 atom stereocenters. The summed E-state index contributed by atoms with van der Waals surface area (Å²) in [5.74, 6) is 1.80. The third-order valence-electron chi connectivity index (χ3n) is 5.50. The highest BCUT2D eigenvalue weighted by Gasteiger charge is 2.17. The van der Waals surface area contributed by atoms with Crippen LogP contribution in [0.15, 0.2) is 36.5 Å². The molecule has 1 saturated carbocycles. The Morgan fingerprint density at radius 1 is 1.18 bits per heavy atom. The van der Waals surface area contributed by atoms with Gasteiger partial charge in [0, 0.05) is 29.8 Å². The minimum atomic E-state index is -0.204. The van der Waals surface area contributed by atoms with Gasteiger partial charge in [-0.3, -0.25) is 0 Å². The van der Waals surface area contributed by atoms with Crippen molar-refractivity contribution in [2.45, 2.75) is 64.5 Å². The van der Waals surface area contributed by atoms with Crippen molar-refractivity contribution in [2.24, 2.45) is 0 Å². The van der Waals surface area contributed by atoms with Gasteiger partial charge in [-0.05, 0) is 24.8 Å². The van der Waals surface area contributed by atoms with Gasteiger partial charge in [-0.1, -0.05) is 51.3 Å². The summed E-state index contributed by atoms with van der Waals surface area (Å²) in [6.45, 7) is 4.68. The van der Waals surface area contributed by atoms with E-state index < -0.39 is 0 Å². The van der Waals surface area contributed by atoms with Crippen LogP contribution in [0.1, 0.15) is 63.0 Å². The van der Waals surface area contributed by atoms with E-state index in [4.69, 9.17) is 4.98 Å². The van der Waals surface area contributed by atoms with Crippen LogP contribution in [-0.4, -0.2) is 20.6 Å². The van der Waals surface area contributed by atoms with Crippen molar-refractivity contribution in [3.8, 4) is 0 Å². The molecule has 3 aromatic rings. The highest BCUT2D eigenvalue weighted by Crippen LogP contribution is 2.27. The van der Waals surface area contributed by atoms with Crippen LogP contribution >= 0.6 is 0 Å². The Labute approximate surface area is 165 Å². The average molecular weight is 381 g/mol. The molecule has 6 heteroatoms. The fourth-order valence-electron chi connectivity index (χ4n) is 3.87. The molecule has 1 aromatic carbocycles. The Bertz CT molecular complexity index is 943. The average Bonchev–Trinajstić information content (AvgIpc) is 3.12. The lowest BCUT2D eigenvalue weighted by atomic mass is 9.95. The zero-order valence-corrected chi connectivity index (χ0v) is 16.6. The highest BCUT2D eigenvalue weighted by molar-refractivity contribution is 5.61. The molecule has 1 aliphatic rings. The van der Waals surface area contributed by atoms with Gasteiger partial charge in [-0.25, -0.2) is 9.37 Å². The van der Waals surface area contributed by atoms with Crippen molar-refractivity contribution in [2.75, 3.05) is 10.6 Å². The lowest BCUT2D eigenvalue weighted by Gasteiger charge is -2.23. The van der Waals surface area contributed by atoms with Gasteiger partial charge in [0.25, 0.3) is 0 Å². The number of hydrogen-bond donors (Lipinski definition) is 2. The number of fused-ring (bicyclic) bond motifs is 1. The SMILES string of the molecule is CC(C)c1cnn2c(NCc3ccccc3F)cc(NC3CCCCC3)nc12. The number of benzene rings is 1. The van der Waals surface area contributed by atoms with Crippen LogP contribution in [-0.2, 0) is 6.54 Å². The summed E-state index contributed by atoms with van der Waals surface area (Å²) in [5, 5.41) is 11.5. The Morgan fingerprint density at radius 2 is 1.96 bits per heavy atom. The number of aromatic nitrogens is 3. The molecular formula is C22H28FN5. The number of nitrogens with one attached hydrogen (secondary N) is 2. The minimum absolute atomic E-state index is 0.204. The van der Waals surface area contributed by atoms with Crippen LogP contribution in [0.4, 0.5) is 16.0 Å². The topological polar surface area (TPSA) is 54.2 Å². The van der Waals surface area contributed by atoms with E-state index in [1.165, 1.54) is 38.2 Å². The van der Waals surface area contributed by atoms with E-state index in [1.807, 2.05) is 22.8 Å². The first-order valence-electron chi connectivity index (χ1n) is 10.2. The Kier molecular flexibility index (Phi) is 5.46. The lowest BCUT2D eigenvalue weighted by molar-refractivity contribution is 0.462. The molecule has 2 aromatic heterocycles. The molecule has 148 valence electrons. The first kappa shape index (κ1) is 18.7. The Morgan fingerprint density at radius 3 is 2.71 bits per heavy atom. The molecule has 0 aliphatic heterocycles. The molecule has 1 aliphatic carbocycles. The van der Waals surface area contributed by atoms with E-state index in [-0.39, 0.29) is 5.82 Å². The van der Waals surface area contributed by atoms with Gasteiger partial charge in [0.15, 0.2) is 5.65 Å². The molecule has 1 fully saturated rings. The number of nitrogens with zero attached hydrogens (tertiary/aromatic N) is 3. The van der Waals surface area contributed by atoms with Crippen molar-refractivity contribution in [3.05, 3.63) is 53.5 Å². The van der Waals surface area contributed by atoms with Gasteiger partial charge in [0.1, 0.15) is 17.5 Å². The van der Waals surface area contributed by atoms with Crippen LogP contribution in [0, 0.1) is 5.82 Å². The van der Waals surface area contributed by atoms with Gasteiger partial charge in [-0.2, -0.15) is 9.61 Å². The van der Waals surface area contributed by atoms with Crippen LogP contribution in [0.3, 0.4) is 0 Å². The van der Waals surface area contributed by atoms with E-state index in [2.05, 4.69) is 29.6 Å². The van der Waals surface area contributed by atoms with Crippen LogP contribution in [0.25, 0.3) is 5.65 Å². The lowest BCUT2D eigenvalue weighted by Crippen LogP contribution is -2.23. The van der Waals surface area contributed by atoms with Crippen molar-refractivity contribution < 1.29 is 4.39 Å². The molecule has 4 rings (SSSR count). The van der Waals surface area contributed by atoms with Gasteiger partial charge in [0.05, 0.1) is 6.20 Å². The molecule has 0 saturated heterocycles. The van der Waals surface area contributed by atoms with Crippen LogP contribution < -0.4 is 10.6 Å². The predicted molar refractivity (Wildman–Crippen MR) is 111 cm³/mol. The molecule has 28 heavy (non-hydrogen) atoms. The molecule has 5 nitrogen and oxygen atoms in total. The first-order chi connectivity index (χ1) is 13.6. The summed E-state index contributed by atoms with van der Waals surface area (Å²) in [6.07, 6.45) is 8.10. The molecule has 0 bridgehead atoms. The predicted octanol–water partition coefficient (Wildman–Crippen LogP) is 5.35. The van der Waals surface area contributed by atoms with E-state index in [9.17, 15) is 4.39 Å². The Balaban J connectivity index is 1.65. The zero-order chi connectivity index (χ0) is 19.5. The fourth-order valence-corrected chi connectivity index (χ4v) is 3.87. The third-order valence-corrected chi connectivity index (χ3v) is 5.50. The van der Waals surface area contributed by atoms with Crippen molar-refractivity contribution >= 4 is 17.3 Å². The largest absolute Gasteiger partial charge is 0.367 e. The smallest absolute Gasteiger partial charge is 0.163 e. The number of anilines is 2. The van der Waals surface area contributed by atoms with Crippen LogP contribution in [0.5, 0.6) is 0 Å². The second kappa shape index (κ2) is 8.17. The standard InChI is InChI=1S/C22H28FN5/c1-15(2)18-14-25-28-21(24-13-16-8-6-7-11-19(16)23)12-20(27-22(18)28)26-17-9-4-3-5-10-17/h6-8,11-12,14-15,17,24H,3-5,9-10,13H2,1-2H3,(H,26,27). The molecule has 0 spiro atoms. The summed E-state index contributed by atoms with van der Waals surface area (Å²) < 4.78 is 15.8. The van der Waals surface area contributed by atoms with E-state index in [1.54, 1.807) is 12.1 Å². The number of rotatable bonds is 6. The highest BCUT2D eigenvalue weighted by atomic mass is 19.1. The van der Waals surface area contributed by atoms with Gasteiger partial charge in [0.2, 0.25) is 0 Å². The van der Waals surface area contributed by atoms with E-state index in [0.29, 0.717) is 24.1 Å². The van der Waals surface area contributed by atoms with Crippen LogP contribution in [0.2, 0.25) is 0 Å². The zero-order valence-electron chi connectivity index (χ0n) is 16.6. The summed E-state index contributed by atoms with van der Waals surface area (Å²) in [7, 11) is 0. The van der Waals surface area contributed by atoms with Crippen molar-refractivity contribution in [1.82, 2.24) is 14.6 Å². The van der Waals surface area contributed by atoms with E-state index in [0.717, 1.165) is 22.8 Å². The minimum Gasteiger partial charge on any atom is -0.367 e. The summed E-state index contributed by atoms with van der Waals surface area (Å²) in [5.41, 5.74) is 2.60. The monoisotopic (exact) mass is 381 g/mol. The third kappa shape index (κ3) is 3.96. The van der Waals surface area contributed by atoms with E-state index >= 15 is 0 Å². The second-order valence-electron chi connectivity index (χ2n) is 7.94. The molecule has 2 N–H and O–H groups in total. The maximum absolute atomic E-state index is 14.0. The summed E-state index contributed by atoms with van der Waals surface area (Å²) >= 11 is 0. The maximum atomic E-state index is 14.0. The van der Waals surface area contributed by atoms with Gasteiger partial charge < -0.3 is 10.6 Å². The molecular weight excluding hydrogens is 353 g/mol. The van der Waals surface area contributed by atoms with Gasteiger partial charge in [-0.15, -0.1) is 0 Å². The molecule has 0 unspecified atom stereocenters. The summed E-state index contributed by atoms with van der Waals surface area (Å²) in [6, 6.07) is 9.29. The second-order valence-corrected chi connectivity index (χ2v) is 7.94. The molecule has 2 heterocycles. The number of hydrogen-bond acceptors (Lipinski definition) is 4. The first-order valence-corrected chi connectivity index (χ1v) is 10.2. The Hall–Kier alpha value is -2.63. The van der Waals surface area contributed by atoms with Gasteiger partial charge >= 0.3 is 0 Å². The maximum Gasteiger partial charge on any atom is 0.163 e.